The first-order valence-corrected chi connectivity index (χ1v) is 18.6. The molecule has 0 saturated heterocycles. The highest BCUT2D eigenvalue weighted by atomic mass is 15.8. The molecule has 0 spiro atoms. The topological polar surface area (TPSA) is 156 Å². The van der Waals surface area contributed by atoms with Crippen molar-refractivity contribution in [3.8, 4) is 0 Å². The molecule has 12 rings (SSSR count). The summed E-state index contributed by atoms with van der Waals surface area (Å²) in [6.07, 6.45) is 43.4. The molecule has 0 unspecified atom stereocenters. The van der Waals surface area contributed by atoms with Gasteiger partial charge in [0.25, 0.3) is 0 Å². The molecule has 0 aliphatic rings. The first-order valence-electron chi connectivity index (χ1n) is 18.6. The number of anilines is 4. The van der Waals surface area contributed by atoms with Gasteiger partial charge in [-0.15, -0.1) is 0 Å². The van der Waals surface area contributed by atoms with Crippen molar-refractivity contribution >= 4 is 55.1 Å². The van der Waals surface area contributed by atoms with Gasteiger partial charge in [0.15, 0.2) is 0 Å². The number of nitrogens with zero attached hydrogens (tertiary/aromatic N) is 20. The molecule has 8 heterocycles. The number of benzene rings is 4. The van der Waals surface area contributed by atoms with Crippen LogP contribution in [0.5, 0.6) is 0 Å². The third-order valence-corrected chi connectivity index (χ3v) is 10.3. The molecule has 290 valence electrons. The van der Waals surface area contributed by atoms with Crippen molar-refractivity contribution < 1.29 is 0 Å². The summed E-state index contributed by atoms with van der Waals surface area (Å²) in [4.78, 5) is 35.6. The fourth-order valence-corrected chi connectivity index (χ4v) is 7.97. The van der Waals surface area contributed by atoms with E-state index < -0.39 is 0 Å². The molecule has 0 fully saturated rings. The van der Waals surface area contributed by atoms with E-state index in [0.717, 1.165) is 55.1 Å². The molecule has 4 aromatic carbocycles. The Morgan fingerprint density at radius 3 is 0.600 bits per heavy atom. The second kappa shape index (κ2) is 13.2. The molecule has 12 aromatic rings. The molecule has 20 nitrogen and oxygen atoms in total. The van der Waals surface area contributed by atoms with Crippen LogP contribution in [-0.2, 0) is 0 Å². The summed E-state index contributed by atoms with van der Waals surface area (Å²) in [5.41, 5.74) is 3.34. The van der Waals surface area contributed by atoms with Gasteiger partial charge in [-0.05, 0) is 12.1 Å². The third kappa shape index (κ3) is 5.04. The largest absolute Gasteiger partial charge is 0.243 e. The Balaban J connectivity index is 1.27. The number of hydrogen-bond acceptors (Lipinski definition) is 12. The van der Waals surface area contributed by atoms with Crippen molar-refractivity contribution in [3.05, 3.63) is 186 Å². The van der Waals surface area contributed by atoms with Crippen molar-refractivity contribution in [1.29, 1.82) is 0 Å². The molecule has 0 atom stereocenters. The molecular formula is C40H30N20. The van der Waals surface area contributed by atoms with Gasteiger partial charge in [0.1, 0.15) is 50.6 Å². The summed E-state index contributed by atoms with van der Waals surface area (Å²) < 4.78 is 15.4. The normalized spacial score (nSPS) is 11.7. The molecule has 0 aliphatic heterocycles. The number of imidazole rings is 8. The van der Waals surface area contributed by atoms with E-state index in [1.54, 1.807) is 100 Å². The lowest BCUT2D eigenvalue weighted by atomic mass is 9.90. The summed E-state index contributed by atoms with van der Waals surface area (Å²) in [6, 6.07) is 13.0. The predicted molar refractivity (Wildman–Crippen MR) is 221 cm³/mol. The quantitative estimate of drug-likeness (QED) is 0.152. The summed E-state index contributed by atoms with van der Waals surface area (Å²) in [5, 5.41) is 13.9. The van der Waals surface area contributed by atoms with E-state index in [4.69, 9.17) is 0 Å². The molecule has 0 radical (unpaired) electrons. The molecule has 60 heavy (non-hydrogen) atoms. The summed E-state index contributed by atoms with van der Waals surface area (Å²) in [5.74, 6) is 0. The van der Waals surface area contributed by atoms with Gasteiger partial charge >= 0.3 is 0 Å². The highest BCUT2D eigenvalue weighted by molar-refractivity contribution is 6.31. The lowest BCUT2D eigenvalue weighted by Gasteiger charge is -2.34. The smallest absolute Gasteiger partial charge is 0.116 e. The lowest BCUT2D eigenvalue weighted by molar-refractivity contribution is 0.597. The summed E-state index contributed by atoms with van der Waals surface area (Å²) >= 11 is 0. The van der Waals surface area contributed by atoms with Crippen molar-refractivity contribution in [2.24, 2.45) is 0 Å². The van der Waals surface area contributed by atoms with Crippen molar-refractivity contribution in [1.82, 2.24) is 77.3 Å². The van der Waals surface area contributed by atoms with Crippen LogP contribution in [0.15, 0.2) is 186 Å². The fourth-order valence-electron chi connectivity index (χ4n) is 7.97. The minimum Gasteiger partial charge on any atom is -0.243 e. The third-order valence-electron chi connectivity index (χ3n) is 10.3. The highest BCUT2D eigenvalue weighted by Crippen LogP contribution is 2.49. The monoisotopic (exact) mass is 790 g/mol. The van der Waals surface area contributed by atoms with Crippen LogP contribution in [-0.4, -0.2) is 77.3 Å². The zero-order chi connectivity index (χ0) is 39.6. The van der Waals surface area contributed by atoms with E-state index in [1.165, 1.54) is 0 Å². The van der Waals surface area contributed by atoms with Gasteiger partial charge in [-0.1, -0.05) is 24.3 Å². The van der Waals surface area contributed by atoms with E-state index in [1.807, 2.05) is 107 Å². The van der Waals surface area contributed by atoms with E-state index >= 15 is 0 Å². The maximum atomic E-state index is 4.45. The van der Waals surface area contributed by atoms with E-state index in [-0.39, 0.29) is 0 Å². The minimum absolute atomic E-state index is 0.835. The van der Waals surface area contributed by atoms with Gasteiger partial charge in [-0.25, -0.2) is 77.3 Å². The number of hydrogen-bond donors (Lipinski definition) is 0. The fraction of sp³-hybridized carbons (Fsp3) is 0. The number of aromatic nitrogens is 16. The predicted octanol–water partition coefficient (Wildman–Crippen LogP) is 5.09. The van der Waals surface area contributed by atoms with Crippen LogP contribution in [0.3, 0.4) is 0 Å². The summed E-state index contributed by atoms with van der Waals surface area (Å²) in [7, 11) is 0. The Labute approximate surface area is 338 Å². The molecule has 8 aromatic heterocycles. The molecule has 0 bridgehead atoms. The van der Waals surface area contributed by atoms with Crippen LogP contribution in [0.1, 0.15) is 0 Å². The summed E-state index contributed by atoms with van der Waals surface area (Å²) in [6.45, 7) is 0. The van der Waals surface area contributed by atoms with Crippen molar-refractivity contribution in [3.63, 3.8) is 0 Å². The average molecular weight is 791 g/mol. The Morgan fingerprint density at radius 1 is 0.267 bits per heavy atom. The zero-order valence-corrected chi connectivity index (χ0v) is 31.3. The number of rotatable bonds is 12. The Kier molecular flexibility index (Phi) is 7.26. The van der Waals surface area contributed by atoms with Crippen LogP contribution in [0.4, 0.5) is 22.7 Å². The Hall–Kier alpha value is -9.20. The molecule has 0 amide bonds. The van der Waals surface area contributed by atoms with Crippen LogP contribution < -0.4 is 20.5 Å². The average Bonchev–Trinajstić information content (AvgIpc) is 4.13. The molecule has 0 aliphatic carbocycles. The van der Waals surface area contributed by atoms with Crippen molar-refractivity contribution in [2.75, 3.05) is 20.5 Å². The second-order valence-corrected chi connectivity index (χ2v) is 13.6. The first kappa shape index (κ1) is 33.0. The Morgan fingerprint density at radius 2 is 0.450 bits per heavy atom. The van der Waals surface area contributed by atoms with Gasteiger partial charge < -0.3 is 0 Å². The highest BCUT2D eigenvalue weighted by Gasteiger charge is 2.29. The van der Waals surface area contributed by atoms with E-state index in [0.29, 0.717) is 0 Å². The standard InChI is InChI=1S/C40H30N20/c1-2-32-36(58(51-15-7-43-25-51)52-16-8-44-26-52)22-38(60(55-19-11-47-29-55)56-20-12-48-30-56)34-4-3-33-37(59(53-17-9-45-27-53)54-18-10-46-28-54)21-35(31(1)39(33)40(32)34)57(49-13-5-41-23-49)50-14-6-42-24-50/h1-30H. The van der Waals surface area contributed by atoms with Crippen molar-refractivity contribution in [2.45, 2.75) is 0 Å². The lowest BCUT2D eigenvalue weighted by Crippen LogP contribution is -2.36. The first-order chi connectivity index (χ1) is 29.8. The SMILES string of the molecule is c1cn(N(c2cc(N(n3ccnc3)n3ccnc3)c3ccc4c(N(n5ccnc5)n5ccnc5)cc(N(n5ccnc5)n5ccnc5)c5ccc2c3c54)n2ccnc2)cn1. The van der Waals surface area contributed by atoms with Crippen LogP contribution >= 0.6 is 0 Å². The maximum Gasteiger partial charge on any atom is 0.116 e. The van der Waals surface area contributed by atoms with Gasteiger partial charge in [0.05, 0.1) is 22.7 Å². The van der Waals surface area contributed by atoms with Gasteiger partial charge in [-0.2, -0.15) is 20.5 Å². The van der Waals surface area contributed by atoms with Gasteiger partial charge in [-0.3, -0.25) is 0 Å². The minimum atomic E-state index is 0.835. The van der Waals surface area contributed by atoms with E-state index in [9.17, 15) is 0 Å². The molecule has 0 N–H and O–H groups in total. The molecule has 0 saturated carbocycles. The van der Waals surface area contributed by atoms with Gasteiger partial charge in [0.2, 0.25) is 0 Å². The molecule has 20 heteroatoms. The van der Waals surface area contributed by atoms with Gasteiger partial charge in [0, 0.05) is 131 Å². The van der Waals surface area contributed by atoms with Crippen LogP contribution in [0.25, 0.3) is 32.3 Å². The molecular weight excluding hydrogens is 761 g/mol. The van der Waals surface area contributed by atoms with Crippen LogP contribution in [0, 0.1) is 0 Å². The Bertz CT molecular complexity index is 2690. The van der Waals surface area contributed by atoms with Crippen LogP contribution in [0.2, 0.25) is 0 Å². The second-order valence-electron chi connectivity index (χ2n) is 13.6. The van der Waals surface area contributed by atoms with E-state index in [2.05, 4.69) is 76.3 Å². The zero-order valence-electron chi connectivity index (χ0n) is 31.3. The maximum absolute atomic E-state index is 4.45.